The Labute approximate surface area is 232 Å². The predicted octanol–water partition coefficient (Wildman–Crippen LogP) is 5.02. The van der Waals surface area contributed by atoms with Crippen LogP contribution in [-0.2, 0) is 4.79 Å². The Bertz CT molecular complexity index is 1390. The van der Waals surface area contributed by atoms with Crippen molar-refractivity contribution >= 4 is 46.2 Å². The second kappa shape index (κ2) is 11.0. The highest BCUT2D eigenvalue weighted by atomic mass is 35.5. The normalized spacial score (nSPS) is 23.3. The molecule has 0 aliphatic carbocycles. The summed E-state index contributed by atoms with van der Waals surface area (Å²) < 4.78 is 1.71. The third-order valence-electron chi connectivity index (χ3n) is 7.94. The summed E-state index contributed by atoms with van der Waals surface area (Å²) in [7, 11) is 0. The summed E-state index contributed by atoms with van der Waals surface area (Å²) in [5.41, 5.74) is 2.06. The van der Waals surface area contributed by atoms with Crippen LogP contribution in [0.3, 0.4) is 0 Å². The monoisotopic (exact) mass is 555 g/mol. The number of aliphatic carboxylic acids is 1. The number of aromatic nitrogens is 4. The molecule has 3 aromatic rings. The van der Waals surface area contributed by atoms with Crippen molar-refractivity contribution in [3.63, 3.8) is 0 Å². The van der Waals surface area contributed by atoms with E-state index in [1.807, 2.05) is 13.0 Å². The fraction of sp³-hybridized carbons (Fsp3) is 0.519. The van der Waals surface area contributed by atoms with Gasteiger partial charge in [0.1, 0.15) is 17.4 Å². The molecule has 9 nitrogen and oxygen atoms in total. The number of carbonyl (C=O) groups is 1. The van der Waals surface area contributed by atoms with Gasteiger partial charge in [0, 0.05) is 42.1 Å². The zero-order valence-corrected chi connectivity index (χ0v) is 23.0. The van der Waals surface area contributed by atoms with E-state index in [1.54, 1.807) is 23.0 Å². The zero-order valence-electron chi connectivity index (χ0n) is 21.5. The molecule has 2 aromatic heterocycles. The minimum absolute atomic E-state index is 0.226. The Morgan fingerprint density at radius 2 is 2.08 bits per heavy atom. The molecule has 0 radical (unpaired) electrons. The van der Waals surface area contributed by atoms with Gasteiger partial charge < -0.3 is 10.0 Å². The smallest absolute Gasteiger partial charge is 0.303 e. The molecule has 4 atom stereocenters. The van der Waals surface area contributed by atoms with Crippen molar-refractivity contribution in [1.82, 2.24) is 24.6 Å². The number of halogens is 2. The van der Waals surface area contributed by atoms with Crippen LogP contribution in [0, 0.1) is 23.2 Å². The van der Waals surface area contributed by atoms with Crippen LogP contribution in [0.4, 0.5) is 5.82 Å². The lowest BCUT2D eigenvalue weighted by atomic mass is 9.87. The van der Waals surface area contributed by atoms with Gasteiger partial charge in [0.2, 0.25) is 0 Å². The molecular formula is C27H31Cl2N7O2. The molecule has 2 saturated heterocycles. The average Bonchev–Trinajstić information content (AvgIpc) is 3.26. The van der Waals surface area contributed by atoms with Crippen molar-refractivity contribution in [3.8, 4) is 6.07 Å². The molecule has 0 saturated carbocycles. The van der Waals surface area contributed by atoms with Gasteiger partial charge in [0.25, 0.3) is 0 Å². The number of hydrogen-bond donors (Lipinski definition) is 1. The van der Waals surface area contributed by atoms with E-state index < -0.39 is 5.97 Å². The molecule has 2 fully saturated rings. The number of piperidine rings is 2. The van der Waals surface area contributed by atoms with Crippen LogP contribution in [0.2, 0.25) is 10.0 Å². The Morgan fingerprint density at radius 3 is 2.79 bits per heavy atom. The lowest BCUT2D eigenvalue weighted by Crippen LogP contribution is -2.53. The van der Waals surface area contributed by atoms with Crippen molar-refractivity contribution in [2.24, 2.45) is 11.8 Å². The zero-order chi connectivity index (χ0) is 27.0. The molecule has 5 rings (SSSR count). The molecule has 200 valence electrons. The Balaban J connectivity index is 1.37. The molecular weight excluding hydrogens is 525 g/mol. The SMILES string of the molecule is CC(c1ccc(Cl)cc1Cl)n1nc(C#N)c2ncc(N3CC[C@H](N4CCC[C@@H](CC(=O)O)C4)[C@H](C)C3)nc21. The van der Waals surface area contributed by atoms with E-state index in [0.717, 1.165) is 56.8 Å². The highest BCUT2D eigenvalue weighted by molar-refractivity contribution is 6.35. The van der Waals surface area contributed by atoms with Crippen molar-refractivity contribution in [2.75, 3.05) is 31.1 Å². The topological polar surface area (TPSA) is 111 Å². The van der Waals surface area contributed by atoms with Crippen LogP contribution in [-0.4, -0.2) is 67.9 Å². The maximum absolute atomic E-state index is 11.2. The molecule has 0 bridgehead atoms. The lowest BCUT2D eigenvalue weighted by molar-refractivity contribution is -0.138. The molecule has 2 aliphatic rings. The first-order valence-electron chi connectivity index (χ1n) is 13.1. The minimum atomic E-state index is -0.708. The number of anilines is 1. The van der Waals surface area contributed by atoms with E-state index in [0.29, 0.717) is 33.2 Å². The van der Waals surface area contributed by atoms with Crippen LogP contribution >= 0.6 is 23.2 Å². The first-order chi connectivity index (χ1) is 18.2. The van der Waals surface area contributed by atoms with Crippen molar-refractivity contribution in [3.05, 3.63) is 45.7 Å². The van der Waals surface area contributed by atoms with Gasteiger partial charge in [0.15, 0.2) is 11.3 Å². The molecule has 0 amide bonds. The van der Waals surface area contributed by atoms with Gasteiger partial charge in [0.05, 0.1) is 12.2 Å². The van der Waals surface area contributed by atoms with Crippen molar-refractivity contribution in [2.45, 2.75) is 51.6 Å². The molecule has 11 heteroatoms. The largest absolute Gasteiger partial charge is 0.481 e. The van der Waals surface area contributed by atoms with Crippen LogP contribution < -0.4 is 4.90 Å². The Morgan fingerprint density at radius 1 is 1.26 bits per heavy atom. The Hall–Kier alpha value is -2.93. The van der Waals surface area contributed by atoms with E-state index in [1.165, 1.54) is 0 Å². The van der Waals surface area contributed by atoms with E-state index in [9.17, 15) is 15.2 Å². The number of benzene rings is 1. The van der Waals surface area contributed by atoms with Gasteiger partial charge in [-0.05, 0) is 62.3 Å². The van der Waals surface area contributed by atoms with Crippen LogP contribution in [0.5, 0.6) is 0 Å². The Kier molecular flexibility index (Phi) is 7.75. The number of carboxylic acids is 1. The van der Waals surface area contributed by atoms with E-state index in [4.69, 9.17) is 28.2 Å². The number of fused-ring (bicyclic) bond motifs is 1. The number of nitrogens with zero attached hydrogens (tertiary/aromatic N) is 7. The summed E-state index contributed by atoms with van der Waals surface area (Å²) in [6, 6.07) is 7.62. The van der Waals surface area contributed by atoms with Crippen molar-refractivity contribution < 1.29 is 9.90 Å². The van der Waals surface area contributed by atoms with E-state index >= 15 is 0 Å². The molecule has 1 unspecified atom stereocenters. The minimum Gasteiger partial charge on any atom is -0.481 e. The fourth-order valence-electron chi connectivity index (χ4n) is 6.07. The first kappa shape index (κ1) is 26.7. The predicted molar refractivity (Wildman–Crippen MR) is 147 cm³/mol. The lowest BCUT2D eigenvalue weighted by Gasteiger charge is -2.45. The van der Waals surface area contributed by atoms with E-state index in [2.05, 4.69) is 32.9 Å². The van der Waals surface area contributed by atoms with Crippen molar-refractivity contribution in [1.29, 1.82) is 5.26 Å². The molecule has 4 heterocycles. The molecule has 0 spiro atoms. The molecule has 1 aromatic carbocycles. The second-order valence-electron chi connectivity index (χ2n) is 10.5. The number of nitriles is 1. The number of hydrogen-bond acceptors (Lipinski definition) is 7. The van der Waals surface area contributed by atoms with Gasteiger partial charge in [-0.2, -0.15) is 10.4 Å². The summed E-state index contributed by atoms with van der Waals surface area (Å²) in [5, 5.41) is 24.5. The molecule has 1 N–H and O–H groups in total. The van der Waals surface area contributed by atoms with Gasteiger partial charge in [-0.1, -0.05) is 36.2 Å². The summed E-state index contributed by atoms with van der Waals surface area (Å²) in [6.07, 6.45) is 4.99. The maximum Gasteiger partial charge on any atom is 0.303 e. The first-order valence-corrected chi connectivity index (χ1v) is 13.8. The highest BCUT2D eigenvalue weighted by Crippen LogP contribution is 2.33. The fourth-order valence-corrected chi connectivity index (χ4v) is 6.63. The quantitative estimate of drug-likeness (QED) is 0.451. The second-order valence-corrected chi connectivity index (χ2v) is 11.4. The number of likely N-dealkylation sites (tertiary alicyclic amines) is 1. The average molecular weight is 556 g/mol. The summed E-state index contributed by atoms with van der Waals surface area (Å²) >= 11 is 12.6. The maximum atomic E-state index is 11.2. The highest BCUT2D eigenvalue weighted by Gasteiger charge is 2.34. The summed E-state index contributed by atoms with van der Waals surface area (Å²) in [6.45, 7) is 7.75. The van der Waals surface area contributed by atoms with Gasteiger partial charge in [-0.15, -0.1) is 0 Å². The van der Waals surface area contributed by atoms with Gasteiger partial charge in [-0.25, -0.2) is 14.6 Å². The standard InChI is InChI=1S/C27H31Cl2N7O2/c1-16-14-35(9-7-23(16)34-8-3-4-18(15-34)10-25(37)38)24-13-31-26-22(12-30)33-36(27(26)32-24)17(2)20-6-5-19(28)11-21(20)29/h5-6,11,13,16-18,23H,3-4,7-10,14-15H2,1-2H3,(H,37,38)/t16-,17?,18+,23+/m1/s1. The number of rotatable bonds is 6. The van der Waals surface area contributed by atoms with Crippen LogP contribution in [0.25, 0.3) is 11.2 Å². The summed E-state index contributed by atoms with van der Waals surface area (Å²) in [5.74, 6) is 0.659. The number of carboxylic acid groups (broad SMARTS) is 1. The molecule has 2 aliphatic heterocycles. The molecule has 38 heavy (non-hydrogen) atoms. The van der Waals surface area contributed by atoms with Crippen LogP contribution in [0.1, 0.15) is 56.8 Å². The third kappa shape index (κ3) is 5.31. The van der Waals surface area contributed by atoms with E-state index in [-0.39, 0.29) is 24.1 Å². The third-order valence-corrected chi connectivity index (χ3v) is 8.50. The van der Waals surface area contributed by atoms with Gasteiger partial charge >= 0.3 is 5.97 Å². The van der Waals surface area contributed by atoms with Crippen LogP contribution in [0.15, 0.2) is 24.4 Å². The summed E-state index contributed by atoms with van der Waals surface area (Å²) in [4.78, 5) is 25.5. The van der Waals surface area contributed by atoms with Gasteiger partial charge in [-0.3, -0.25) is 9.69 Å².